The Hall–Kier alpha value is -1.97. The molecule has 0 bridgehead atoms. The van der Waals surface area contributed by atoms with Gasteiger partial charge in [0.05, 0.1) is 11.6 Å². The predicted octanol–water partition coefficient (Wildman–Crippen LogP) is 5.93. The minimum Gasteiger partial charge on any atom is -0.377 e. The Labute approximate surface area is 169 Å². The van der Waals surface area contributed by atoms with Crippen molar-refractivity contribution in [1.29, 1.82) is 0 Å². The Morgan fingerprint density at radius 3 is 2.26 bits per heavy atom. The van der Waals surface area contributed by atoms with Crippen LogP contribution < -0.4 is 0 Å². The average Bonchev–Trinajstić information content (AvgIpc) is 2.95. The summed E-state index contributed by atoms with van der Waals surface area (Å²) in [6.07, 6.45) is 15.2. The molecule has 144 valence electrons. The Balaban J connectivity index is 2.61. The summed E-state index contributed by atoms with van der Waals surface area (Å²) in [5, 5.41) is 1.26. The molecule has 27 heavy (non-hydrogen) atoms. The van der Waals surface area contributed by atoms with E-state index in [4.69, 9.17) is 4.74 Å². The van der Waals surface area contributed by atoms with Crippen molar-refractivity contribution in [3.63, 3.8) is 0 Å². The standard InChI is InChI=1S/C24H31NOS/c1-5-26-19-23(24(25(3)4)27-6-2)22(21-16-12-9-13-17-21)18-20-14-10-7-8-11-15-20/h7-18,20H,5-6,19H2,1-4H3/b22-18-,24-23-. The lowest BCUT2D eigenvalue weighted by molar-refractivity contribution is 0.172. The molecule has 0 fully saturated rings. The molecule has 3 heteroatoms. The van der Waals surface area contributed by atoms with Crippen LogP contribution in [0.5, 0.6) is 0 Å². The first kappa shape index (κ1) is 21.3. The third-order valence-corrected chi connectivity index (χ3v) is 5.34. The van der Waals surface area contributed by atoms with Gasteiger partial charge in [0.25, 0.3) is 0 Å². The fourth-order valence-corrected chi connectivity index (χ4v) is 3.83. The molecule has 0 radical (unpaired) electrons. The Morgan fingerprint density at radius 1 is 1.04 bits per heavy atom. The summed E-state index contributed by atoms with van der Waals surface area (Å²) in [4.78, 5) is 2.21. The number of thioether (sulfide) groups is 1. The lowest BCUT2D eigenvalue weighted by atomic mass is 9.93. The SMILES string of the molecule is CCOCC(/C(=C\C1C=CC=CC=C1)c1ccccc1)=C(/SCC)N(C)C. The molecular weight excluding hydrogens is 350 g/mol. The Kier molecular flexibility index (Phi) is 9.23. The van der Waals surface area contributed by atoms with Gasteiger partial charge < -0.3 is 9.64 Å². The van der Waals surface area contributed by atoms with Gasteiger partial charge in [-0.05, 0) is 23.8 Å². The van der Waals surface area contributed by atoms with E-state index >= 15 is 0 Å². The topological polar surface area (TPSA) is 12.5 Å². The van der Waals surface area contributed by atoms with Crippen LogP contribution in [-0.4, -0.2) is 38.0 Å². The number of rotatable bonds is 9. The molecule has 0 heterocycles. The second-order valence-corrected chi connectivity index (χ2v) is 7.68. The van der Waals surface area contributed by atoms with Crippen molar-refractivity contribution in [2.75, 3.05) is 33.1 Å². The highest BCUT2D eigenvalue weighted by molar-refractivity contribution is 8.03. The van der Waals surface area contributed by atoms with Crippen LogP contribution in [0.1, 0.15) is 19.4 Å². The average molecular weight is 382 g/mol. The number of hydrogen-bond acceptors (Lipinski definition) is 3. The van der Waals surface area contributed by atoms with E-state index in [1.165, 1.54) is 21.7 Å². The van der Waals surface area contributed by atoms with Crippen LogP contribution in [0.25, 0.3) is 5.57 Å². The molecule has 0 N–H and O–H groups in total. The largest absolute Gasteiger partial charge is 0.377 e. The third kappa shape index (κ3) is 6.60. The summed E-state index contributed by atoms with van der Waals surface area (Å²) in [5.41, 5.74) is 3.72. The molecule has 0 aromatic heterocycles. The molecule has 2 rings (SSSR count). The zero-order chi connectivity index (χ0) is 19.5. The fraction of sp³-hybridized carbons (Fsp3) is 0.333. The van der Waals surface area contributed by atoms with Gasteiger partial charge in [0.15, 0.2) is 0 Å². The predicted molar refractivity (Wildman–Crippen MR) is 121 cm³/mol. The van der Waals surface area contributed by atoms with E-state index in [9.17, 15) is 0 Å². The third-order valence-electron chi connectivity index (χ3n) is 4.16. The molecular formula is C24H31NOS. The van der Waals surface area contributed by atoms with Gasteiger partial charge in [0.1, 0.15) is 0 Å². The number of nitrogens with zero attached hydrogens (tertiary/aromatic N) is 1. The molecule has 0 unspecified atom stereocenters. The van der Waals surface area contributed by atoms with Gasteiger partial charge in [0, 0.05) is 32.2 Å². The molecule has 0 saturated heterocycles. The van der Waals surface area contributed by atoms with E-state index in [1.807, 2.05) is 18.7 Å². The van der Waals surface area contributed by atoms with Gasteiger partial charge in [0.2, 0.25) is 0 Å². The molecule has 1 aliphatic carbocycles. The molecule has 1 aliphatic rings. The monoisotopic (exact) mass is 381 g/mol. The van der Waals surface area contributed by atoms with Crippen LogP contribution in [0, 0.1) is 5.92 Å². The number of benzene rings is 1. The zero-order valence-corrected chi connectivity index (χ0v) is 17.7. The Bertz CT molecular complexity index is 710. The highest BCUT2D eigenvalue weighted by atomic mass is 32.2. The van der Waals surface area contributed by atoms with Crippen molar-refractivity contribution in [2.45, 2.75) is 13.8 Å². The summed E-state index contributed by atoms with van der Waals surface area (Å²) in [6, 6.07) is 10.6. The second kappa shape index (κ2) is 11.7. The molecule has 0 atom stereocenters. The van der Waals surface area contributed by atoms with Crippen LogP contribution in [0.4, 0.5) is 0 Å². The van der Waals surface area contributed by atoms with Crippen molar-refractivity contribution in [3.8, 4) is 0 Å². The van der Waals surface area contributed by atoms with Crippen molar-refractivity contribution < 1.29 is 4.74 Å². The van der Waals surface area contributed by atoms with Crippen molar-refractivity contribution >= 4 is 17.3 Å². The summed E-state index contributed by atoms with van der Waals surface area (Å²) in [5.74, 6) is 1.28. The van der Waals surface area contributed by atoms with E-state index in [2.05, 4.69) is 98.8 Å². The highest BCUT2D eigenvalue weighted by Crippen LogP contribution is 2.33. The minimum atomic E-state index is 0.252. The van der Waals surface area contributed by atoms with Gasteiger partial charge in [-0.1, -0.05) is 79.8 Å². The van der Waals surface area contributed by atoms with Crippen LogP contribution in [0.2, 0.25) is 0 Å². The number of allylic oxidation sites excluding steroid dienone is 7. The van der Waals surface area contributed by atoms with Crippen molar-refractivity contribution in [2.24, 2.45) is 5.92 Å². The molecule has 0 spiro atoms. The Morgan fingerprint density at radius 2 is 1.70 bits per heavy atom. The van der Waals surface area contributed by atoms with Crippen molar-refractivity contribution in [3.05, 3.63) is 89.0 Å². The first-order valence-corrected chi connectivity index (χ1v) is 10.6. The first-order chi connectivity index (χ1) is 13.2. The maximum absolute atomic E-state index is 5.90. The van der Waals surface area contributed by atoms with Crippen LogP contribution in [0.3, 0.4) is 0 Å². The molecule has 0 saturated carbocycles. The van der Waals surface area contributed by atoms with E-state index < -0.39 is 0 Å². The van der Waals surface area contributed by atoms with Crippen LogP contribution in [0.15, 0.2) is 83.5 Å². The van der Waals surface area contributed by atoms with Gasteiger partial charge >= 0.3 is 0 Å². The number of ether oxygens (including phenoxy) is 1. The number of hydrogen-bond donors (Lipinski definition) is 0. The van der Waals surface area contributed by atoms with E-state index in [1.54, 1.807) is 0 Å². The molecule has 0 amide bonds. The second-order valence-electron chi connectivity index (χ2n) is 6.43. The highest BCUT2D eigenvalue weighted by Gasteiger charge is 2.17. The summed E-state index contributed by atoms with van der Waals surface area (Å²) in [6.45, 7) is 5.56. The maximum atomic E-state index is 5.90. The van der Waals surface area contributed by atoms with Gasteiger partial charge in [-0.3, -0.25) is 0 Å². The molecule has 0 aliphatic heterocycles. The van der Waals surface area contributed by atoms with E-state index in [-0.39, 0.29) is 5.92 Å². The maximum Gasteiger partial charge on any atom is 0.0764 e. The fourth-order valence-electron chi connectivity index (χ4n) is 2.95. The summed E-state index contributed by atoms with van der Waals surface area (Å²) < 4.78 is 5.90. The van der Waals surface area contributed by atoms with Crippen LogP contribution >= 0.6 is 11.8 Å². The van der Waals surface area contributed by atoms with Gasteiger partial charge in [-0.15, -0.1) is 11.8 Å². The molecule has 1 aromatic rings. The van der Waals surface area contributed by atoms with Gasteiger partial charge in [-0.2, -0.15) is 0 Å². The first-order valence-electron chi connectivity index (χ1n) is 9.57. The van der Waals surface area contributed by atoms with E-state index in [0.29, 0.717) is 13.2 Å². The van der Waals surface area contributed by atoms with Crippen molar-refractivity contribution in [1.82, 2.24) is 4.90 Å². The zero-order valence-electron chi connectivity index (χ0n) is 16.9. The molecule has 1 aromatic carbocycles. The smallest absolute Gasteiger partial charge is 0.0764 e. The summed E-state index contributed by atoms with van der Waals surface area (Å²) in [7, 11) is 4.23. The quantitative estimate of drug-likeness (QED) is 0.492. The molecule has 2 nitrogen and oxygen atoms in total. The normalized spacial score (nSPS) is 15.6. The van der Waals surface area contributed by atoms with Crippen LogP contribution in [-0.2, 0) is 4.74 Å². The minimum absolute atomic E-state index is 0.252. The summed E-state index contributed by atoms with van der Waals surface area (Å²) >= 11 is 1.87. The van der Waals surface area contributed by atoms with Gasteiger partial charge in [-0.25, -0.2) is 0 Å². The lowest BCUT2D eigenvalue weighted by Gasteiger charge is -2.24. The lowest BCUT2D eigenvalue weighted by Crippen LogP contribution is -2.15. The van der Waals surface area contributed by atoms with E-state index in [0.717, 1.165) is 5.75 Å².